The number of hydrogen-bond donors (Lipinski definition) is 2. The van der Waals surface area contributed by atoms with Crippen LogP contribution in [-0.2, 0) is 23.6 Å². The van der Waals surface area contributed by atoms with Crippen molar-refractivity contribution in [3.8, 4) is 5.75 Å². The number of ether oxygens (including phenoxy) is 1. The summed E-state index contributed by atoms with van der Waals surface area (Å²) in [5, 5.41) is 8.75. The predicted molar refractivity (Wildman–Crippen MR) is 189 cm³/mol. The first-order valence-electron chi connectivity index (χ1n) is 15.5. The third-order valence-corrected chi connectivity index (χ3v) is 9.67. The third kappa shape index (κ3) is 7.49. The molecule has 0 saturated carbocycles. The Kier molecular flexibility index (Phi) is 9.21. The monoisotopic (exact) mass is 632 g/mol. The van der Waals surface area contributed by atoms with E-state index in [0.717, 1.165) is 46.1 Å². The van der Waals surface area contributed by atoms with Crippen molar-refractivity contribution in [2.24, 2.45) is 5.41 Å². The van der Waals surface area contributed by atoms with Crippen LogP contribution in [0.3, 0.4) is 0 Å². The van der Waals surface area contributed by atoms with Crippen LogP contribution >= 0.6 is 10.7 Å². The molecule has 0 bridgehead atoms. The quantitative estimate of drug-likeness (QED) is 0.146. The maximum Gasteiger partial charge on any atom is 0.225 e. The smallest absolute Gasteiger partial charge is 0.225 e. The molecule has 5 aromatic rings. The van der Waals surface area contributed by atoms with E-state index in [9.17, 15) is 4.79 Å². The molecule has 0 fully saturated rings. The van der Waals surface area contributed by atoms with Crippen LogP contribution in [0.4, 0.5) is 11.5 Å². The van der Waals surface area contributed by atoms with E-state index in [1.165, 1.54) is 11.1 Å². The van der Waals surface area contributed by atoms with Crippen LogP contribution in [0.1, 0.15) is 37.5 Å². The summed E-state index contributed by atoms with van der Waals surface area (Å²) in [6, 6.07) is 29.2. The average Bonchev–Trinajstić information content (AvgIpc) is 3.63. The molecule has 0 spiro atoms. The Bertz CT molecular complexity index is 1890. The molecule has 1 aliphatic rings. The molecule has 1 aliphatic heterocycles. The van der Waals surface area contributed by atoms with E-state index in [-0.39, 0.29) is 16.6 Å². The first-order chi connectivity index (χ1) is 22.2. The van der Waals surface area contributed by atoms with Crippen molar-refractivity contribution in [1.82, 2.24) is 24.2 Å². The summed E-state index contributed by atoms with van der Waals surface area (Å²) >= 11 is 0. The number of nitrogens with zero attached hydrogens (tertiary/aromatic N) is 4. The molecule has 0 aliphatic carbocycles. The molecule has 6 rings (SSSR count). The molecule has 3 heterocycles. The zero-order valence-corrected chi connectivity index (χ0v) is 27.6. The Morgan fingerprint density at radius 3 is 2.39 bits per heavy atom. The number of benzene rings is 3. The van der Waals surface area contributed by atoms with Crippen molar-refractivity contribution in [3.63, 3.8) is 0 Å². The molecule has 0 radical (unpaired) electrons. The number of carbonyl (C=O) groups is 1. The highest BCUT2D eigenvalue weighted by molar-refractivity contribution is 8.12. The summed E-state index contributed by atoms with van der Waals surface area (Å²) in [5.74, 6) is 3.32. The van der Waals surface area contributed by atoms with Gasteiger partial charge in [-0.25, -0.2) is 9.97 Å². The molecule has 0 saturated heterocycles. The molecule has 1 unspecified atom stereocenters. The number of carbonyl (C=O) groups excluding carboxylic acids is 1. The molecule has 1 atom stereocenters. The molecule has 236 valence electrons. The fourth-order valence-electron chi connectivity index (χ4n) is 5.22. The van der Waals surface area contributed by atoms with Crippen molar-refractivity contribution in [1.29, 1.82) is 0 Å². The maximum absolute atomic E-state index is 12.3. The number of aromatic nitrogens is 3. The van der Waals surface area contributed by atoms with Gasteiger partial charge in [0.2, 0.25) is 5.91 Å². The molecule has 2 aromatic heterocycles. The predicted octanol–water partition coefficient (Wildman–Crippen LogP) is 7.57. The highest BCUT2D eigenvalue weighted by Crippen LogP contribution is 2.35. The van der Waals surface area contributed by atoms with Gasteiger partial charge in [-0.1, -0.05) is 92.1 Å². The minimum atomic E-state index is -0.430. The number of nitrogens with one attached hydrogen (secondary N) is 2. The lowest BCUT2D eigenvalue weighted by Crippen LogP contribution is -2.36. The van der Waals surface area contributed by atoms with Gasteiger partial charge in [0.1, 0.15) is 17.6 Å². The van der Waals surface area contributed by atoms with Gasteiger partial charge in [-0.3, -0.25) is 4.79 Å². The maximum atomic E-state index is 12.3. The van der Waals surface area contributed by atoms with E-state index >= 15 is 0 Å². The first-order valence-corrected chi connectivity index (χ1v) is 16.9. The summed E-state index contributed by atoms with van der Waals surface area (Å²) in [6.07, 6.45) is 5.69. The lowest BCUT2D eigenvalue weighted by molar-refractivity contribution is -0.128. The number of aryl methyl sites for hydroxylation is 1. The molecular weight excluding hydrogens is 593 g/mol. The van der Waals surface area contributed by atoms with Gasteiger partial charge in [-0.2, -0.15) is 0 Å². The average molecular weight is 633 g/mol. The Morgan fingerprint density at radius 2 is 1.67 bits per heavy atom. The largest absolute Gasteiger partial charge is 0.455 e. The van der Waals surface area contributed by atoms with E-state index < -0.39 is 5.41 Å². The topological polar surface area (TPSA) is 84.3 Å². The van der Waals surface area contributed by atoms with Crippen LogP contribution in [0.5, 0.6) is 5.75 Å². The fourth-order valence-corrected chi connectivity index (χ4v) is 7.07. The molecule has 2 N–H and O–H groups in total. The van der Waals surface area contributed by atoms with E-state index in [0.29, 0.717) is 18.9 Å². The summed E-state index contributed by atoms with van der Waals surface area (Å²) in [5.41, 5.74) is 5.78. The molecule has 3 aromatic carbocycles. The Hall–Kier alpha value is -4.89. The zero-order chi connectivity index (χ0) is 32.1. The van der Waals surface area contributed by atoms with Gasteiger partial charge in [0.05, 0.1) is 18.3 Å². The van der Waals surface area contributed by atoms with Crippen LogP contribution in [0.25, 0.3) is 11.0 Å². The second-order valence-electron chi connectivity index (χ2n) is 12.4. The number of allylic oxidation sites excluding steroid dienone is 1. The summed E-state index contributed by atoms with van der Waals surface area (Å²) in [6.45, 7) is 9.73. The van der Waals surface area contributed by atoms with Crippen molar-refractivity contribution in [2.45, 2.75) is 46.5 Å². The lowest BCUT2D eigenvalue weighted by atomic mass is 9.96. The Balaban J connectivity index is 1.17. The summed E-state index contributed by atoms with van der Waals surface area (Å²) in [7, 11) is -0.141. The minimum absolute atomic E-state index is 0.0263. The molecule has 46 heavy (non-hydrogen) atoms. The molecule has 1 amide bonds. The van der Waals surface area contributed by atoms with Crippen molar-refractivity contribution < 1.29 is 9.53 Å². The van der Waals surface area contributed by atoms with Gasteiger partial charge < -0.3 is 24.2 Å². The Morgan fingerprint density at radius 1 is 0.935 bits per heavy atom. The number of rotatable bonds is 11. The van der Waals surface area contributed by atoms with Gasteiger partial charge in [-0.15, -0.1) is 0 Å². The highest BCUT2D eigenvalue weighted by Gasteiger charge is 2.21. The second kappa shape index (κ2) is 13.6. The number of fused-ring (bicyclic) bond motifs is 1. The first kappa shape index (κ1) is 31.1. The van der Waals surface area contributed by atoms with Crippen molar-refractivity contribution in [3.05, 3.63) is 126 Å². The Labute approximate surface area is 273 Å². The van der Waals surface area contributed by atoms with Crippen molar-refractivity contribution >= 4 is 44.5 Å². The zero-order valence-electron chi connectivity index (χ0n) is 26.7. The fraction of sp³-hybridized carbons (Fsp3) is 0.243. The number of anilines is 2. The van der Waals surface area contributed by atoms with E-state index in [4.69, 9.17) is 4.74 Å². The van der Waals surface area contributed by atoms with Crippen LogP contribution in [0.2, 0.25) is 0 Å². The lowest BCUT2D eigenvalue weighted by Gasteiger charge is -2.21. The molecule has 8 nitrogen and oxygen atoms in total. The SMILES string of the molecule is Cc1cc(Nc2ncnc3ccn(CCNC(=O)C(C)(C)C)c23)ccc1OC1=CN(Cc2ccccc2)S(Cc2ccccc2)=C1. The van der Waals surface area contributed by atoms with Crippen LogP contribution in [-0.4, -0.2) is 36.7 Å². The van der Waals surface area contributed by atoms with Gasteiger partial charge >= 0.3 is 0 Å². The van der Waals surface area contributed by atoms with Crippen molar-refractivity contribution in [2.75, 3.05) is 11.9 Å². The minimum Gasteiger partial charge on any atom is -0.455 e. The van der Waals surface area contributed by atoms with E-state index in [1.54, 1.807) is 6.33 Å². The van der Waals surface area contributed by atoms with Crippen LogP contribution in [0.15, 0.2) is 109 Å². The second-order valence-corrected chi connectivity index (χ2v) is 14.2. The van der Waals surface area contributed by atoms with E-state index in [2.05, 4.69) is 115 Å². The summed E-state index contributed by atoms with van der Waals surface area (Å²) < 4.78 is 10.9. The van der Waals surface area contributed by atoms with Gasteiger partial charge in [0.15, 0.2) is 11.6 Å². The number of amides is 1. The van der Waals surface area contributed by atoms with Crippen LogP contribution in [0, 0.1) is 12.3 Å². The van der Waals surface area contributed by atoms with Gasteiger partial charge in [-0.05, 0) is 47.9 Å². The van der Waals surface area contributed by atoms with E-state index in [1.807, 2.05) is 45.2 Å². The van der Waals surface area contributed by atoms with Gasteiger partial charge in [0.25, 0.3) is 0 Å². The standard InChI is InChI=1S/C37H40N6O2S/c1-27-21-30(41-35-34-32(39-26-40-35)17-19-42(34)20-18-38-36(44)37(2,3)4)15-16-33(27)45-31-23-43(22-28-11-7-5-8-12-28)46(25-31)24-29-13-9-6-10-14-29/h5-17,19,21,23,25-26H,18,20,22,24H2,1-4H3,(H,38,44)(H,39,40,41). The molecular formula is C37H40N6O2S. The third-order valence-electron chi connectivity index (χ3n) is 7.70. The summed E-state index contributed by atoms with van der Waals surface area (Å²) in [4.78, 5) is 21.3. The van der Waals surface area contributed by atoms with Crippen LogP contribution < -0.4 is 15.4 Å². The number of hydrogen-bond acceptors (Lipinski definition) is 6. The molecule has 9 heteroatoms. The van der Waals surface area contributed by atoms with Gasteiger partial charge in [0, 0.05) is 41.5 Å². The highest BCUT2D eigenvalue weighted by atomic mass is 32.2. The normalized spacial score (nSPS) is 14.6.